The molecule has 0 unspecified atom stereocenters. The van der Waals surface area contributed by atoms with Crippen LogP contribution in [-0.4, -0.2) is 11.9 Å². The molecule has 3 amide bonds. The van der Waals surface area contributed by atoms with Gasteiger partial charge in [0.1, 0.15) is 0 Å². The molecule has 1 heterocycles. The largest absolute Gasteiger partial charge is 0.333 e. The number of rotatable bonds is 5. The van der Waals surface area contributed by atoms with Gasteiger partial charge in [0.2, 0.25) is 5.91 Å². The molecule has 0 saturated heterocycles. The summed E-state index contributed by atoms with van der Waals surface area (Å²) in [6, 6.07) is 9.20. The Hall–Kier alpha value is -2.34. The molecule has 1 fully saturated rings. The number of carbonyl (C=O) groups is 2. The number of thiophene rings is 1. The Morgan fingerprint density at radius 2 is 2.04 bits per heavy atom. The quantitative estimate of drug-likeness (QED) is 0.782. The number of anilines is 2. The van der Waals surface area contributed by atoms with Gasteiger partial charge in [-0.25, -0.2) is 4.79 Å². The van der Waals surface area contributed by atoms with Crippen molar-refractivity contribution in [2.75, 3.05) is 10.6 Å². The molecule has 0 bridgehead atoms. The maximum atomic E-state index is 12.0. The third kappa shape index (κ3) is 4.32. The standard InChI is InChI=1S/C17H19N3O2S/c1-11-4-7-13(19-16(21)12-5-6-12)9-15(11)20-17(22)18-10-14-3-2-8-23-14/h2-4,7-9,12H,5-6,10H2,1H3,(H,19,21)(H2,18,20,22). The van der Waals surface area contributed by atoms with E-state index in [-0.39, 0.29) is 17.9 Å². The fourth-order valence-electron chi connectivity index (χ4n) is 2.17. The van der Waals surface area contributed by atoms with Crippen molar-refractivity contribution in [1.29, 1.82) is 0 Å². The molecule has 5 nitrogen and oxygen atoms in total. The molecule has 0 radical (unpaired) electrons. The van der Waals surface area contributed by atoms with E-state index in [0.29, 0.717) is 17.9 Å². The highest BCUT2D eigenvalue weighted by molar-refractivity contribution is 7.09. The Kier molecular flexibility index (Phi) is 4.62. The number of hydrogen-bond donors (Lipinski definition) is 3. The van der Waals surface area contributed by atoms with E-state index in [1.165, 1.54) is 0 Å². The Balaban J connectivity index is 1.59. The first-order chi connectivity index (χ1) is 11.1. The SMILES string of the molecule is Cc1ccc(NC(=O)C2CC2)cc1NC(=O)NCc1cccs1. The van der Waals surface area contributed by atoms with Crippen molar-refractivity contribution < 1.29 is 9.59 Å². The number of urea groups is 1. The van der Waals surface area contributed by atoms with E-state index in [0.717, 1.165) is 23.3 Å². The number of nitrogens with one attached hydrogen (secondary N) is 3. The van der Waals surface area contributed by atoms with Crippen LogP contribution in [0.1, 0.15) is 23.3 Å². The highest BCUT2D eigenvalue weighted by Crippen LogP contribution is 2.30. The van der Waals surface area contributed by atoms with Crippen molar-refractivity contribution in [3.63, 3.8) is 0 Å². The fraction of sp³-hybridized carbons (Fsp3) is 0.294. The zero-order valence-corrected chi connectivity index (χ0v) is 13.7. The maximum absolute atomic E-state index is 12.0. The summed E-state index contributed by atoms with van der Waals surface area (Å²) >= 11 is 1.60. The van der Waals surface area contributed by atoms with Gasteiger partial charge in [-0.1, -0.05) is 12.1 Å². The third-order valence-corrected chi connectivity index (χ3v) is 4.58. The number of hydrogen-bond acceptors (Lipinski definition) is 3. The summed E-state index contributed by atoms with van der Waals surface area (Å²) in [7, 11) is 0. The van der Waals surface area contributed by atoms with Crippen molar-refractivity contribution in [1.82, 2.24) is 5.32 Å². The van der Waals surface area contributed by atoms with Crippen LogP contribution >= 0.6 is 11.3 Å². The topological polar surface area (TPSA) is 70.2 Å². The highest BCUT2D eigenvalue weighted by Gasteiger charge is 2.29. The minimum absolute atomic E-state index is 0.0574. The first-order valence-electron chi connectivity index (χ1n) is 7.60. The van der Waals surface area contributed by atoms with Crippen LogP contribution in [0.4, 0.5) is 16.2 Å². The second-order valence-electron chi connectivity index (χ2n) is 5.68. The van der Waals surface area contributed by atoms with E-state index < -0.39 is 0 Å². The van der Waals surface area contributed by atoms with Gasteiger partial charge in [0.25, 0.3) is 0 Å². The molecule has 0 spiro atoms. The third-order valence-electron chi connectivity index (χ3n) is 3.70. The number of amides is 3. The average molecular weight is 329 g/mol. The molecule has 120 valence electrons. The minimum atomic E-state index is -0.257. The van der Waals surface area contributed by atoms with Gasteiger partial charge in [0.05, 0.1) is 6.54 Å². The van der Waals surface area contributed by atoms with E-state index in [1.54, 1.807) is 17.4 Å². The Morgan fingerprint density at radius 3 is 2.74 bits per heavy atom. The molecule has 1 aromatic carbocycles. The van der Waals surface area contributed by atoms with E-state index in [9.17, 15) is 9.59 Å². The van der Waals surface area contributed by atoms with Gasteiger partial charge in [-0.2, -0.15) is 0 Å². The van der Waals surface area contributed by atoms with Crippen molar-refractivity contribution in [2.45, 2.75) is 26.3 Å². The number of aryl methyl sites for hydroxylation is 1. The molecular weight excluding hydrogens is 310 g/mol. The molecule has 3 rings (SSSR count). The summed E-state index contributed by atoms with van der Waals surface area (Å²) < 4.78 is 0. The van der Waals surface area contributed by atoms with Crippen LogP contribution in [-0.2, 0) is 11.3 Å². The van der Waals surface area contributed by atoms with Crippen LogP contribution in [0.2, 0.25) is 0 Å². The first kappa shape index (κ1) is 15.6. The van der Waals surface area contributed by atoms with Gasteiger partial charge in [-0.05, 0) is 48.9 Å². The van der Waals surface area contributed by atoms with E-state index >= 15 is 0 Å². The van der Waals surface area contributed by atoms with Crippen molar-refractivity contribution in [2.24, 2.45) is 5.92 Å². The molecule has 1 saturated carbocycles. The van der Waals surface area contributed by atoms with Crippen LogP contribution in [0.5, 0.6) is 0 Å². The average Bonchev–Trinajstić information content (AvgIpc) is 3.25. The van der Waals surface area contributed by atoms with Crippen LogP contribution in [0.3, 0.4) is 0 Å². The molecule has 2 aromatic rings. The van der Waals surface area contributed by atoms with E-state index in [2.05, 4.69) is 16.0 Å². The highest BCUT2D eigenvalue weighted by atomic mass is 32.1. The van der Waals surface area contributed by atoms with Crippen LogP contribution in [0, 0.1) is 12.8 Å². The zero-order chi connectivity index (χ0) is 16.2. The second kappa shape index (κ2) is 6.83. The summed E-state index contributed by atoms with van der Waals surface area (Å²) in [5.74, 6) is 0.212. The number of benzene rings is 1. The fourth-order valence-corrected chi connectivity index (χ4v) is 2.82. The summed E-state index contributed by atoms with van der Waals surface area (Å²) in [5, 5.41) is 10.5. The molecule has 3 N–H and O–H groups in total. The Labute approximate surface area is 139 Å². The van der Waals surface area contributed by atoms with Crippen molar-refractivity contribution in [3.05, 3.63) is 46.2 Å². The molecule has 1 aliphatic rings. The predicted molar refractivity (Wildman–Crippen MR) is 92.7 cm³/mol. The van der Waals surface area contributed by atoms with Crippen LogP contribution < -0.4 is 16.0 Å². The molecule has 0 aliphatic heterocycles. The number of carbonyl (C=O) groups excluding carboxylic acids is 2. The van der Waals surface area contributed by atoms with E-state index in [1.807, 2.05) is 36.6 Å². The lowest BCUT2D eigenvalue weighted by Crippen LogP contribution is -2.28. The molecule has 23 heavy (non-hydrogen) atoms. The van der Waals surface area contributed by atoms with Gasteiger partial charge < -0.3 is 16.0 Å². The molecule has 1 aromatic heterocycles. The monoisotopic (exact) mass is 329 g/mol. The lowest BCUT2D eigenvalue weighted by Gasteiger charge is -2.12. The lowest BCUT2D eigenvalue weighted by molar-refractivity contribution is -0.117. The van der Waals surface area contributed by atoms with Crippen LogP contribution in [0.25, 0.3) is 0 Å². The molecular formula is C17H19N3O2S. The molecule has 0 atom stereocenters. The predicted octanol–water partition coefficient (Wildman–Crippen LogP) is 3.73. The zero-order valence-electron chi connectivity index (χ0n) is 12.9. The van der Waals surface area contributed by atoms with E-state index in [4.69, 9.17) is 0 Å². The Bertz CT molecular complexity index is 709. The van der Waals surface area contributed by atoms with Crippen molar-refractivity contribution in [3.8, 4) is 0 Å². The van der Waals surface area contributed by atoms with Gasteiger partial charge in [0.15, 0.2) is 0 Å². The normalized spacial score (nSPS) is 13.4. The minimum Gasteiger partial charge on any atom is -0.333 e. The smallest absolute Gasteiger partial charge is 0.319 e. The molecule has 1 aliphatic carbocycles. The summed E-state index contributed by atoms with van der Waals surface area (Å²) in [6.07, 6.45) is 1.93. The van der Waals surface area contributed by atoms with Gasteiger partial charge >= 0.3 is 6.03 Å². The van der Waals surface area contributed by atoms with Gasteiger partial charge in [0, 0.05) is 22.2 Å². The summed E-state index contributed by atoms with van der Waals surface area (Å²) in [5.41, 5.74) is 2.35. The van der Waals surface area contributed by atoms with Gasteiger partial charge in [-0.3, -0.25) is 4.79 Å². The maximum Gasteiger partial charge on any atom is 0.319 e. The summed E-state index contributed by atoms with van der Waals surface area (Å²) in [6.45, 7) is 2.42. The first-order valence-corrected chi connectivity index (χ1v) is 8.48. The Morgan fingerprint density at radius 1 is 1.22 bits per heavy atom. The molecule has 6 heteroatoms. The lowest BCUT2D eigenvalue weighted by atomic mass is 10.1. The van der Waals surface area contributed by atoms with Gasteiger partial charge in [-0.15, -0.1) is 11.3 Å². The summed E-state index contributed by atoms with van der Waals surface area (Å²) in [4.78, 5) is 24.9. The van der Waals surface area contributed by atoms with Crippen LogP contribution in [0.15, 0.2) is 35.7 Å². The second-order valence-corrected chi connectivity index (χ2v) is 6.71. The van der Waals surface area contributed by atoms with Crippen molar-refractivity contribution >= 4 is 34.6 Å².